The van der Waals surface area contributed by atoms with Gasteiger partial charge >= 0.3 is 12.2 Å². The van der Waals surface area contributed by atoms with Gasteiger partial charge in [0.05, 0.1) is 0 Å². The second-order valence-electron chi connectivity index (χ2n) is 5.73. The lowest BCUT2D eigenvalue weighted by molar-refractivity contribution is -0.141. The van der Waals surface area contributed by atoms with Crippen LogP contribution in [-0.4, -0.2) is 42.0 Å². The fourth-order valence-electron chi connectivity index (χ4n) is 3.08. The van der Waals surface area contributed by atoms with Crippen LogP contribution in [0, 0.1) is 0 Å². The standard InChI is InChI=1S/C14H14F3N3O3S/c15-14(16,17)7-18-10(21)6-20-11(22)13(19-12(20)23)4-1-2-9-8(13)3-5-24-9/h3,5H,1-2,4,6-7H2,(H,18,21)(H,19,23)/t13-/m1/s1. The first-order chi connectivity index (χ1) is 11.2. The Hall–Kier alpha value is -2.10. The summed E-state index contributed by atoms with van der Waals surface area (Å²) in [6.07, 6.45) is -2.64. The minimum absolute atomic E-state index is 0.405. The van der Waals surface area contributed by atoms with E-state index in [0.29, 0.717) is 17.7 Å². The molecule has 1 spiro atoms. The van der Waals surface area contributed by atoms with E-state index in [-0.39, 0.29) is 0 Å². The summed E-state index contributed by atoms with van der Waals surface area (Å²) in [5.41, 5.74) is -0.482. The van der Waals surface area contributed by atoms with Gasteiger partial charge in [-0.2, -0.15) is 13.2 Å². The molecule has 1 aliphatic carbocycles. The molecule has 1 aromatic heterocycles. The Labute approximate surface area is 139 Å². The van der Waals surface area contributed by atoms with Crippen molar-refractivity contribution in [2.75, 3.05) is 13.1 Å². The topological polar surface area (TPSA) is 78.5 Å². The van der Waals surface area contributed by atoms with Crippen LogP contribution in [0.4, 0.5) is 18.0 Å². The summed E-state index contributed by atoms with van der Waals surface area (Å²) in [5.74, 6) is -1.62. The molecular weight excluding hydrogens is 347 g/mol. The van der Waals surface area contributed by atoms with Crippen molar-refractivity contribution in [3.8, 4) is 0 Å². The van der Waals surface area contributed by atoms with Crippen molar-refractivity contribution in [1.29, 1.82) is 0 Å². The third-order valence-corrected chi connectivity index (χ3v) is 5.10. The summed E-state index contributed by atoms with van der Waals surface area (Å²) in [4.78, 5) is 38.2. The maximum Gasteiger partial charge on any atom is 0.405 e. The third-order valence-electron chi connectivity index (χ3n) is 4.12. The van der Waals surface area contributed by atoms with Crippen molar-refractivity contribution >= 4 is 29.2 Å². The summed E-state index contributed by atoms with van der Waals surface area (Å²) in [5, 5.41) is 6.12. The highest BCUT2D eigenvalue weighted by Gasteiger charge is 2.54. The molecule has 1 aliphatic heterocycles. The molecule has 24 heavy (non-hydrogen) atoms. The number of amides is 4. The van der Waals surface area contributed by atoms with Gasteiger partial charge in [-0.15, -0.1) is 11.3 Å². The number of nitrogens with zero attached hydrogens (tertiary/aromatic N) is 1. The van der Waals surface area contributed by atoms with Crippen molar-refractivity contribution in [2.45, 2.75) is 31.0 Å². The van der Waals surface area contributed by atoms with Gasteiger partial charge in [-0.3, -0.25) is 14.5 Å². The van der Waals surface area contributed by atoms with Gasteiger partial charge in [0.1, 0.15) is 18.6 Å². The largest absolute Gasteiger partial charge is 0.405 e. The van der Waals surface area contributed by atoms with E-state index in [9.17, 15) is 27.6 Å². The number of halogens is 3. The number of aryl methyl sites for hydroxylation is 1. The Balaban J connectivity index is 1.75. The van der Waals surface area contributed by atoms with Crippen LogP contribution in [0.15, 0.2) is 11.4 Å². The highest BCUT2D eigenvalue weighted by atomic mass is 32.1. The summed E-state index contributed by atoms with van der Waals surface area (Å²) in [6, 6.07) is 1.01. The van der Waals surface area contributed by atoms with Crippen LogP contribution in [0.25, 0.3) is 0 Å². The molecule has 2 heterocycles. The fraction of sp³-hybridized carbons (Fsp3) is 0.500. The predicted molar refractivity (Wildman–Crippen MR) is 78.2 cm³/mol. The molecule has 0 radical (unpaired) electrons. The molecule has 1 aromatic rings. The number of carbonyl (C=O) groups excluding carboxylic acids is 3. The van der Waals surface area contributed by atoms with Gasteiger partial charge < -0.3 is 10.6 Å². The molecule has 2 aliphatic rings. The van der Waals surface area contributed by atoms with Crippen LogP contribution in [0.2, 0.25) is 0 Å². The maximum absolute atomic E-state index is 12.7. The summed E-state index contributed by atoms with van der Waals surface area (Å²) in [7, 11) is 0. The first kappa shape index (κ1) is 16.7. The third kappa shape index (κ3) is 2.85. The van der Waals surface area contributed by atoms with E-state index < -0.39 is 42.7 Å². The van der Waals surface area contributed by atoms with Gasteiger partial charge in [-0.05, 0) is 30.7 Å². The normalized spacial score (nSPS) is 23.4. The summed E-state index contributed by atoms with van der Waals surface area (Å²) in [6.45, 7) is -2.24. The number of rotatable bonds is 3. The monoisotopic (exact) mass is 361 g/mol. The van der Waals surface area contributed by atoms with E-state index in [0.717, 1.165) is 16.9 Å². The minimum Gasteiger partial charge on any atom is -0.345 e. The Morgan fingerprint density at radius 3 is 2.88 bits per heavy atom. The van der Waals surface area contributed by atoms with Crippen molar-refractivity contribution in [2.24, 2.45) is 0 Å². The zero-order valence-corrected chi connectivity index (χ0v) is 13.2. The second kappa shape index (κ2) is 5.76. The molecule has 4 amide bonds. The van der Waals surface area contributed by atoms with Crippen molar-refractivity contribution in [1.82, 2.24) is 15.5 Å². The summed E-state index contributed by atoms with van der Waals surface area (Å²) < 4.78 is 36.4. The van der Waals surface area contributed by atoms with Gasteiger partial charge in [0.25, 0.3) is 5.91 Å². The van der Waals surface area contributed by atoms with E-state index in [1.807, 2.05) is 5.38 Å². The van der Waals surface area contributed by atoms with Gasteiger partial charge in [0, 0.05) is 10.4 Å². The Kier molecular flexibility index (Phi) is 4.02. The zero-order chi connectivity index (χ0) is 17.5. The number of urea groups is 1. The van der Waals surface area contributed by atoms with Crippen LogP contribution in [0.3, 0.4) is 0 Å². The molecule has 130 valence electrons. The van der Waals surface area contributed by atoms with E-state index in [2.05, 4.69) is 5.32 Å². The lowest BCUT2D eigenvalue weighted by Crippen LogP contribution is -2.47. The average molecular weight is 361 g/mol. The average Bonchev–Trinajstić information content (AvgIpc) is 3.06. The van der Waals surface area contributed by atoms with Crippen LogP contribution in [-0.2, 0) is 21.5 Å². The highest BCUT2D eigenvalue weighted by Crippen LogP contribution is 2.41. The maximum atomic E-state index is 12.7. The number of carbonyl (C=O) groups is 3. The van der Waals surface area contributed by atoms with Crippen LogP contribution in [0.1, 0.15) is 23.3 Å². The van der Waals surface area contributed by atoms with Gasteiger partial charge in [0.2, 0.25) is 5.91 Å². The number of nitrogens with one attached hydrogen (secondary N) is 2. The molecule has 2 N–H and O–H groups in total. The van der Waals surface area contributed by atoms with Crippen LogP contribution < -0.4 is 10.6 Å². The lowest BCUT2D eigenvalue weighted by Gasteiger charge is -2.31. The van der Waals surface area contributed by atoms with Crippen LogP contribution >= 0.6 is 11.3 Å². The predicted octanol–water partition coefficient (Wildman–Crippen LogP) is 1.51. The van der Waals surface area contributed by atoms with Gasteiger partial charge in [-0.25, -0.2) is 4.79 Å². The number of imide groups is 1. The second-order valence-corrected chi connectivity index (χ2v) is 6.73. The Bertz CT molecular complexity index is 703. The number of hydrogen-bond acceptors (Lipinski definition) is 4. The smallest absolute Gasteiger partial charge is 0.345 e. The lowest BCUT2D eigenvalue weighted by atomic mass is 9.80. The molecule has 0 unspecified atom stereocenters. The van der Waals surface area contributed by atoms with Gasteiger partial charge in [0.15, 0.2) is 0 Å². The molecule has 0 saturated carbocycles. The van der Waals surface area contributed by atoms with Crippen LogP contribution in [0.5, 0.6) is 0 Å². The van der Waals surface area contributed by atoms with Crippen molar-refractivity contribution in [3.63, 3.8) is 0 Å². The molecule has 0 bridgehead atoms. The van der Waals surface area contributed by atoms with E-state index in [1.165, 1.54) is 11.3 Å². The summed E-state index contributed by atoms with van der Waals surface area (Å²) >= 11 is 1.49. The molecule has 0 aromatic carbocycles. The molecule has 3 rings (SSSR count). The molecular formula is C14H14F3N3O3S. The number of thiophene rings is 1. The molecule has 6 nitrogen and oxygen atoms in total. The van der Waals surface area contributed by atoms with E-state index in [4.69, 9.17) is 0 Å². The molecule has 1 saturated heterocycles. The van der Waals surface area contributed by atoms with Gasteiger partial charge in [-0.1, -0.05) is 0 Å². The number of hydrogen-bond donors (Lipinski definition) is 2. The van der Waals surface area contributed by atoms with Crippen molar-refractivity contribution in [3.05, 3.63) is 21.9 Å². The zero-order valence-electron chi connectivity index (χ0n) is 12.4. The quantitative estimate of drug-likeness (QED) is 0.801. The van der Waals surface area contributed by atoms with E-state index in [1.54, 1.807) is 11.4 Å². The fourth-order valence-corrected chi connectivity index (χ4v) is 4.08. The first-order valence-corrected chi connectivity index (χ1v) is 8.15. The first-order valence-electron chi connectivity index (χ1n) is 7.27. The number of fused-ring (bicyclic) bond motifs is 2. The Morgan fingerprint density at radius 2 is 2.17 bits per heavy atom. The van der Waals surface area contributed by atoms with Crippen molar-refractivity contribution < 1.29 is 27.6 Å². The Morgan fingerprint density at radius 1 is 1.42 bits per heavy atom. The molecule has 1 atom stereocenters. The SMILES string of the molecule is O=C(CN1C(=O)N[C@@]2(CCCc3sccc32)C1=O)NCC(F)(F)F. The molecule has 10 heteroatoms. The molecule has 1 fully saturated rings. The van der Waals surface area contributed by atoms with E-state index >= 15 is 0 Å². The number of alkyl halides is 3. The highest BCUT2D eigenvalue weighted by molar-refractivity contribution is 7.10. The minimum atomic E-state index is -4.55.